The van der Waals surface area contributed by atoms with Crippen LogP contribution in [-0.4, -0.2) is 22.9 Å². The molecule has 2 saturated carbocycles. The Morgan fingerprint density at radius 2 is 1.87 bits per heavy atom. The van der Waals surface area contributed by atoms with Gasteiger partial charge in [0.2, 0.25) is 5.91 Å². The maximum Gasteiger partial charge on any atom is 0.226 e. The van der Waals surface area contributed by atoms with Gasteiger partial charge in [0, 0.05) is 24.5 Å². The monoisotopic (exact) mass is 314 g/mol. The summed E-state index contributed by atoms with van der Waals surface area (Å²) in [6, 6.07) is 9.45. The molecule has 2 unspecified atom stereocenters. The Morgan fingerprint density at radius 3 is 2.43 bits per heavy atom. The van der Waals surface area contributed by atoms with Crippen molar-refractivity contribution >= 4 is 5.91 Å². The Hall–Kier alpha value is -1.35. The number of nitrogens with two attached hydrogens (primary N) is 1. The van der Waals surface area contributed by atoms with Crippen molar-refractivity contribution in [2.45, 2.75) is 76.9 Å². The summed E-state index contributed by atoms with van der Waals surface area (Å²) in [5, 5.41) is 0. The van der Waals surface area contributed by atoms with Gasteiger partial charge in [-0.15, -0.1) is 0 Å². The third-order valence-corrected chi connectivity index (χ3v) is 5.33. The van der Waals surface area contributed by atoms with Crippen molar-refractivity contribution in [1.82, 2.24) is 4.90 Å². The van der Waals surface area contributed by atoms with E-state index in [-0.39, 0.29) is 12.0 Å². The molecule has 2 atom stereocenters. The van der Waals surface area contributed by atoms with E-state index in [4.69, 9.17) is 5.73 Å². The highest BCUT2D eigenvalue weighted by Gasteiger charge is 2.37. The zero-order valence-electron chi connectivity index (χ0n) is 14.5. The maximum absolute atomic E-state index is 13.0. The highest BCUT2D eigenvalue weighted by Crippen LogP contribution is 2.33. The largest absolute Gasteiger partial charge is 0.335 e. The van der Waals surface area contributed by atoms with E-state index in [2.05, 4.69) is 43.0 Å². The average Bonchev–Trinajstić information content (AvgIpc) is 3.37. The molecule has 2 aliphatic carbocycles. The minimum absolute atomic E-state index is 0.147. The summed E-state index contributed by atoms with van der Waals surface area (Å²) in [6.07, 6.45) is 6.38. The zero-order valence-corrected chi connectivity index (χ0v) is 14.5. The Morgan fingerprint density at radius 1 is 1.17 bits per heavy atom. The molecule has 0 spiro atoms. The molecule has 1 aromatic carbocycles. The van der Waals surface area contributed by atoms with Crippen LogP contribution in [0, 0.1) is 5.92 Å². The van der Waals surface area contributed by atoms with Crippen LogP contribution in [0.3, 0.4) is 0 Å². The smallest absolute Gasteiger partial charge is 0.226 e. The van der Waals surface area contributed by atoms with Gasteiger partial charge in [0.25, 0.3) is 0 Å². The third kappa shape index (κ3) is 4.14. The molecule has 0 bridgehead atoms. The zero-order chi connectivity index (χ0) is 16.4. The van der Waals surface area contributed by atoms with E-state index in [0.29, 0.717) is 17.9 Å². The quantitative estimate of drug-likeness (QED) is 0.898. The number of amides is 1. The second-order valence-electron chi connectivity index (χ2n) is 7.72. The standard InChI is InChI=1S/C20H30N2O/c1-14(2)16-8-6-15(7-9-16)13-22(19-10-11-19)20(23)17-4-3-5-18(21)12-17/h6-9,14,17-19H,3-5,10-13,21H2,1-2H3. The molecule has 1 aromatic rings. The van der Waals surface area contributed by atoms with E-state index < -0.39 is 0 Å². The van der Waals surface area contributed by atoms with E-state index in [0.717, 1.165) is 45.1 Å². The van der Waals surface area contributed by atoms with Crippen LogP contribution < -0.4 is 5.73 Å². The average molecular weight is 314 g/mol. The predicted molar refractivity (Wildman–Crippen MR) is 94.0 cm³/mol. The van der Waals surface area contributed by atoms with E-state index in [1.165, 1.54) is 11.1 Å². The summed E-state index contributed by atoms with van der Waals surface area (Å²) in [5.74, 6) is 1.04. The first-order chi connectivity index (χ1) is 11.0. The second kappa shape index (κ2) is 7.04. The van der Waals surface area contributed by atoms with Crippen molar-refractivity contribution in [2.75, 3.05) is 0 Å². The Balaban J connectivity index is 1.68. The molecule has 0 aromatic heterocycles. The van der Waals surface area contributed by atoms with Crippen molar-refractivity contribution in [3.8, 4) is 0 Å². The van der Waals surface area contributed by atoms with Crippen LogP contribution in [0.5, 0.6) is 0 Å². The number of benzene rings is 1. The van der Waals surface area contributed by atoms with Crippen LogP contribution >= 0.6 is 0 Å². The fraction of sp³-hybridized carbons (Fsp3) is 0.650. The Kier molecular flexibility index (Phi) is 5.05. The topological polar surface area (TPSA) is 46.3 Å². The molecule has 2 aliphatic rings. The number of hydrogen-bond donors (Lipinski definition) is 1. The second-order valence-corrected chi connectivity index (χ2v) is 7.72. The third-order valence-electron chi connectivity index (χ3n) is 5.33. The lowest BCUT2D eigenvalue weighted by atomic mass is 9.85. The van der Waals surface area contributed by atoms with Crippen LogP contribution in [-0.2, 0) is 11.3 Å². The van der Waals surface area contributed by atoms with Gasteiger partial charge in [-0.05, 0) is 49.1 Å². The summed E-state index contributed by atoms with van der Waals surface area (Å²) < 4.78 is 0. The van der Waals surface area contributed by atoms with Gasteiger partial charge in [0.05, 0.1) is 0 Å². The number of hydrogen-bond acceptors (Lipinski definition) is 2. The molecule has 0 radical (unpaired) electrons. The van der Waals surface area contributed by atoms with Crippen LogP contribution in [0.4, 0.5) is 0 Å². The van der Waals surface area contributed by atoms with Crippen molar-refractivity contribution in [1.29, 1.82) is 0 Å². The SMILES string of the molecule is CC(C)c1ccc(CN(C(=O)C2CCCC(N)C2)C2CC2)cc1. The fourth-order valence-electron chi connectivity index (χ4n) is 3.66. The summed E-state index contributed by atoms with van der Waals surface area (Å²) >= 11 is 0. The minimum atomic E-state index is 0.147. The Bertz CT molecular complexity index is 533. The van der Waals surface area contributed by atoms with E-state index in [9.17, 15) is 4.79 Å². The minimum Gasteiger partial charge on any atom is -0.335 e. The maximum atomic E-state index is 13.0. The molecule has 1 amide bonds. The van der Waals surface area contributed by atoms with Gasteiger partial charge in [0.1, 0.15) is 0 Å². The van der Waals surface area contributed by atoms with E-state index in [1.54, 1.807) is 0 Å². The molecular weight excluding hydrogens is 284 g/mol. The van der Waals surface area contributed by atoms with Gasteiger partial charge in [-0.25, -0.2) is 0 Å². The number of nitrogens with zero attached hydrogens (tertiary/aromatic N) is 1. The molecule has 2 N–H and O–H groups in total. The lowest BCUT2D eigenvalue weighted by Gasteiger charge is -2.31. The summed E-state index contributed by atoms with van der Waals surface area (Å²) in [5.41, 5.74) is 8.68. The van der Waals surface area contributed by atoms with E-state index >= 15 is 0 Å². The molecule has 0 saturated heterocycles. The van der Waals surface area contributed by atoms with Crippen LogP contribution in [0.15, 0.2) is 24.3 Å². The highest BCUT2D eigenvalue weighted by molar-refractivity contribution is 5.79. The van der Waals surface area contributed by atoms with Gasteiger partial charge in [0.15, 0.2) is 0 Å². The van der Waals surface area contributed by atoms with E-state index in [1.807, 2.05) is 0 Å². The van der Waals surface area contributed by atoms with Gasteiger partial charge in [-0.2, -0.15) is 0 Å². The molecule has 3 rings (SSSR count). The summed E-state index contributed by atoms with van der Waals surface area (Å²) in [6.45, 7) is 5.18. The first-order valence-corrected chi connectivity index (χ1v) is 9.19. The van der Waals surface area contributed by atoms with Gasteiger partial charge in [-0.3, -0.25) is 4.79 Å². The highest BCUT2D eigenvalue weighted by atomic mass is 16.2. The molecule has 3 heteroatoms. The predicted octanol–water partition coefficient (Wildman–Crippen LogP) is 3.82. The van der Waals surface area contributed by atoms with Gasteiger partial charge >= 0.3 is 0 Å². The van der Waals surface area contributed by atoms with Crippen molar-refractivity contribution in [3.05, 3.63) is 35.4 Å². The molecule has 23 heavy (non-hydrogen) atoms. The normalized spacial score (nSPS) is 24.7. The Labute approximate surface area is 140 Å². The van der Waals surface area contributed by atoms with Crippen LogP contribution in [0.1, 0.15) is 69.4 Å². The number of carbonyl (C=O) groups is 1. The van der Waals surface area contributed by atoms with Crippen molar-refractivity contribution < 1.29 is 4.79 Å². The first-order valence-electron chi connectivity index (χ1n) is 9.19. The van der Waals surface area contributed by atoms with Gasteiger partial charge < -0.3 is 10.6 Å². The lowest BCUT2D eigenvalue weighted by Crippen LogP contribution is -2.41. The van der Waals surface area contributed by atoms with Crippen molar-refractivity contribution in [3.63, 3.8) is 0 Å². The number of carbonyl (C=O) groups excluding carboxylic acids is 1. The summed E-state index contributed by atoms with van der Waals surface area (Å²) in [4.78, 5) is 15.1. The van der Waals surface area contributed by atoms with Crippen molar-refractivity contribution in [2.24, 2.45) is 11.7 Å². The van der Waals surface area contributed by atoms with Gasteiger partial charge in [-0.1, -0.05) is 44.5 Å². The molecule has 3 nitrogen and oxygen atoms in total. The van der Waals surface area contributed by atoms with Crippen LogP contribution in [0.25, 0.3) is 0 Å². The molecule has 0 aliphatic heterocycles. The molecule has 126 valence electrons. The fourth-order valence-corrected chi connectivity index (χ4v) is 3.66. The lowest BCUT2D eigenvalue weighted by molar-refractivity contribution is -0.138. The molecule has 2 fully saturated rings. The van der Waals surface area contributed by atoms with Crippen LogP contribution in [0.2, 0.25) is 0 Å². The summed E-state index contributed by atoms with van der Waals surface area (Å²) in [7, 11) is 0. The number of rotatable bonds is 5. The molecule has 0 heterocycles. The molecular formula is C20H30N2O. The first kappa shape index (κ1) is 16.5.